The molecule has 0 spiro atoms. The number of rotatable bonds is 6. The van der Waals surface area contributed by atoms with Gasteiger partial charge in [0.1, 0.15) is 18.2 Å². The van der Waals surface area contributed by atoms with E-state index in [9.17, 15) is 9.50 Å². The second kappa shape index (κ2) is 9.57. The molecule has 0 fully saturated rings. The summed E-state index contributed by atoms with van der Waals surface area (Å²) in [5, 5.41) is 18.1. The summed E-state index contributed by atoms with van der Waals surface area (Å²) in [6, 6.07) is 22.4. The SMILES string of the molecule is OC(Cc1ccccc1)c1ccc2c(c1)CN(Cc1cn[nH]c1-c1ccc(F)cc1)CCO2. The first-order chi connectivity index (χ1) is 16.2. The highest BCUT2D eigenvalue weighted by molar-refractivity contribution is 5.62. The number of hydrogen-bond acceptors (Lipinski definition) is 4. The van der Waals surface area contributed by atoms with Crippen molar-refractivity contribution in [2.24, 2.45) is 0 Å². The largest absolute Gasteiger partial charge is 0.492 e. The van der Waals surface area contributed by atoms with Gasteiger partial charge in [-0.15, -0.1) is 0 Å². The van der Waals surface area contributed by atoms with Crippen LogP contribution < -0.4 is 4.74 Å². The van der Waals surface area contributed by atoms with Crippen LogP contribution in [0, 0.1) is 5.82 Å². The Balaban J connectivity index is 1.33. The molecule has 3 aromatic carbocycles. The Morgan fingerprint density at radius 1 is 1.06 bits per heavy atom. The van der Waals surface area contributed by atoms with Gasteiger partial charge in [0.15, 0.2) is 0 Å². The first kappa shape index (κ1) is 21.4. The van der Waals surface area contributed by atoms with E-state index in [0.717, 1.165) is 45.8 Å². The Labute approximate surface area is 192 Å². The molecule has 0 amide bonds. The molecule has 2 heterocycles. The van der Waals surface area contributed by atoms with E-state index in [1.807, 2.05) is 48.7 Å². The molecule has 33 heavy (non-hydrogen) atoms. The van der Waals surface area contributed by atoms with Gasteiger partial charge in [-0.3, -0.25) is 10.00 Å². The molecular formula is C27H26FN3O2. The third-order valence-corrected chi connectivity index (χ3v) is 6.04. The van der Waals surface area contributed by atoms with Gasteiger partial charge in [0, 0.05) is 42.7 Å². The zero-order valence-corrected chi connectivity index (χ0v) is 18.2. The molecule has 1 aliphatic heterocycles. The van der Waals surface area contributed by atoms with Gasteiger partial charge < -0.3 is 9.84 Å². The molecule has 1 aliphatic rings. The Kier molecular flexibility index (Phi) is 6.19. The smallest absolute Gasteiger partial charge is 0.123 e. The zero-order valence-electron chi connectivity index (χ0n) is 18.2. The van der Waals surface area contributed by atoms with Gasteiger partial charge in [-0.05, 0) is 47.5 Å². The van der Waals surface area contributed by atoms with Gasteiger partial charge in [0.25, 0.3) is 0 Å². The number of hydrogen-bond donors (Lipinski definition) is 2. The average molecular weight is 444 g/mol. The summed E-state index contributed by atoms with van der Waals surface area (Å²) in [4.78, 5) is 2.30. The minimum Gasteiger partial charge on any atom is -0.492 e. The van der Waals surface area contributed by atoms with Crippen LogP contribution in [0.3, 0.4) is 0 Å². The number of H-pyrrole nitrogens is 1. The zero-order chi connectivity index (χ0) is 22.6. The number of ether oxygens (including phenoxy) is 1. The summed E-state index contributed by atoms with van der Waals surface area (Å²) < 4.78 is 19.3. The first-order valence-electron chi connectivity index (χ1n) is 11.1. The van der Waals surface area contributed by atoms with Crippen LogP contribution in [0.4, 0.5) is 4.39 Å². The van der Waals surface area contributed by atoms with Crippen LogP contribution in [-0.4, -0.2) is 33.4 Å². The normalized spacial score (nSPS) is 14.8. The van der Waals surface area contributed by atoms with E-state index in [4.69, 9.17) is 4.74 Å². The molecular weight excluding hydrogens is 417 g/mol. The molecule has 0 saturated carbocycles. The van der Waals surface area contributed by atoms with Crippen molar-refractivity contribution in [1.82, 2.24) is 15.1 Å². The molecule has 2 N–H and O–H groups in total. The molecule has 6 heteroatoms. The fourth-order valence-electron chi connectivity index (χ4n) is 4.30. The van der Waals surface area contributed by atoms with Crippen LogP contribution in [0.5, 0.6) is 5.75 Å². The molecule has 0 bridgehead atoms. The highest BCUT2D eigenvalue weighted by Crippen LogP contribution is 2.30. The van der Waals surface area contributed by atoms with Gasteiger partial charge in [-0.1, -0.05) is 36.4 Å². The van der Waals surface area contributed by atoms with E-state index < -0.39 is 6.10 Å². The van der Waals surface area contributed by atoms with Gasteiger partial charge in [0.2, 0.25) is 0 Å². The summed E-state index contributed by atoms with van der Waals surface area (Å²) in [6.07, 6.45) is 1.82. The summed E-state index contributed by atoms with van der Waals surface area (Å²) >= 11 is 0. The van der Waals surface area contributed by atoms with E-state index in [-0.39, 0.29) is 5.82 Å². The molecule has 5 rings (SSSR count). The fraction of sp³-hybridized carbons (Fsp3) is 0.222. The van der Waals surface area contributed by atoms with Gasteiger partial charge in [-0.25, -0.2) is 4.39 Å². The Morgan fingerprint density at radius 3 is 2.70 bits per heavy atom. The van der Waals surface area contributed by atoms with Gasteiger partial charge in [-0.2, -0.15) is 5.10 Å². The maximum absolute atomic E-state index is 13.3. The molecule has 4 aromatic rings. The highest BCUT2D eigenvalue weighted by Gasteiger charge is 2.20. The first-order valence-corrected chi connectivity index (χ1v) is 11.1. The molecule has 0 saturated heterocycles. The number of fused-ring (bicyclic) bond motifs is 1. The third-order valence-electron chi connectivity index (χ3n) is 6.04. The third kappa shape index (κ3) is 4.97. The molecule has 0 aliphatic carbocycles. The molecule has 0 radical (unpaired) electrons. The van der Waals surface area contributed by atoms with Crippen LogP contribution in [0.2, 0.25) is 0 Å². The second-order valence-corrected chi connectivity index (χ2v) is 8.41. The van der Waals surface area contributed by atoms with Gasteiger partial charge >= 0.3 is 0 Å². The minimum absolute atomic E-state index is 0.258. The van der Waals surface area contributed by atoms with Crippen LogP contribution in [0.15, 0.2) is 79.0 Å². The summed E-state index contributed by atoms with van der Waals surface area (Å²) in [6.45, 7) is 2.74. The van der Waals surface area contributed by atoms with E-state index in [2.05, 4.69) is 21.2 Å². The Bertz CT molecular complexity index is 1210. The number of aliphatic hydroxyl groups excluding tert-OH is 1. The molecule has 168 valence electrons. The standard InChI is InChI=1S/C27H26FN3O2/c28-24-9-6-20(7-10-24)27-23(16-29-30-27)18-31-12-13-33-26-11-8-21(15-22(26)17-31)25(32)14-19-4-2-1-3-5-19/h1-11,15-16,25,32H,12-14,17-18H2,(H,29,30). The number of aliphatic hydroxyl groups is 1. The van der Waals surface area contributed by atoms with Crippen molar-refractivity contribution in [3.63, 3.8) is 0 Å². The lowest BCUT2D eigenvalue weighted by atomic mass is 9.99. The predicted molar refractivity (Wildman–Crippen MR) is 125 cm³/mol. The average Bonchev–Trinajstić information content (AvgIpc) is 3.19. The molecule has 1 atom stereocenters. The lowest BCUT2D eigenvalue weighted by Gasteiger charge is -2.20. The molecule has 1 aromatic heterocycles. The van der Waals surface area contributed by atoms with Crippen molar-refractivity contribution in [3.05, 3.63) is 107 Å². The van der Waals surface area contributed by atoms with Crippen molar-refractivity contribution in [2.75, 3.05) is 13.2 Å². The maximum Gasteiger partial charge on any atom is 0.123 e. The summed E-state index contributed by atoms with van der Waals surface area (Å²) in [5.41, 5.74) is 5.90. The van der Waals surface area contributed by atoms with E-state index in [0.29, 0.717) is 26.1 Å². The maximum atomic E-state index is 13.3. The van der Waals surface area contributed by atoms with Crippen molar-refractivity contribution in [1.29, 1.82) is 0 Å². The summed E-state index contributed by atoms with van der Waals surface area (Å²) in [5.74, 6) is 0.602. The van der Waals surface area contributed by atoms with Crippen molar-refractivity contribution < 1.29 is 14.2 Å². The van der Waals surface area contributed by atoms with Crippen LogP contribution in [-0.2, 0) is 19.5 Å². The van der Waals surface area contributed by atoms with E-state index in [1.165, 1.54) is 12.1 Å². The second-order valence-electron chi connectivity index (χ2n) is 8.41. The van der Waals surface area contributed by atoms with Gasteiger partial charge in [0.05, 0.1) is 18.0 Å². The quantitative estimate of drug-likeness (QED) is 0.446. The van der Waals surface area contributed by atoms with Crippen molar-refractivity contribution in [3.8, 4) is 17.0 Å². The van der Waals surface area contributed by atoms with Crippen molar-refractivity contribution >= 4 is 0 Å². The topological polar surface area (TPSA) is 61.4 Å². The number of aromatic nitrogens is 2. The number of halogens is 1. The monoisotopic (exact) mass is 443 g/mol. The minimum atomic E-state index is -0.576. The molecule has 1 unspecified atom stereocenters. The number of aromatic amines is 1. The van der Waals surface area contributed by atoms with Crippen molar-refractivity contribution in [2.45, 2.75) is 25.6 Å². The van der Waals surface area contributed by atoms with E-state index in [1.54, 1.807) is 12.1 Å². The van der Waals surface area contributed by atoms with Crippen LogP contribution >= 0.6 is 0 Å². The number of nitrogens with one attached hydrogen (secondary N) is 1. The summed E-state index contributed by atoms with van der Waals surface area (Å²) in [7, 11) is 0. The lowest BCUT2D eigenvalue weighted by molar-refractivity contribution is 0.178. The van der Waals surface area contributed by atoms with E-state index >= 15 is 0 Å². The molecule has 5 nitrogen and oxygen atoms in total. The number of nitrogens with zero attached hydrogens (tertiary/aromatic N) is 2. The fourth-order valence-corrected chi connectivity index (χ4v) is 4.30. The Hall–Kier alpha value is -3.48. The van der Waals surface area contributed by atoms with Crippen LogP contribution in [0.25, 0.3) is 11.3 Å². The Morgan fingerprint density at radius 2 is 1.88 bits per heavy atom. The number of benzene rings is 3. The van der Waals surface area contributed by atoms with Crippen LogP contribution in [0.1, 0.15) is 28.4 Å². The lowest BCUT2D eigenvalue weighted by Crippen LogP contribution is -2.25. The highest BCUT2D eigenvalue weighted by atomic mass is 19.1. The predicted octanol–water partition coefficient (Wildman–Crippen LogP) is 4.89.